The van der Waals surface area contributed by atoms with Crippen LogP contribution in [0, 0.1) is 5.92 Å². The predicted molar refractivity (Wildman–Crippen MR) is 106 cm³/mol. The van der Waals surface area contributed by atoms with E-state index in [4.69, 9.17) is 4.74 Å². The maximum absolute atomic E-state index is 12.6. The minimum Gasteiger partial charge on any atom is -0.381 e. The second kappa shape index (κ2) is 6.94. The van der Waals surface area contributed by atoms with Crippen LogP contribution >= 0.6 is 0 Å². The summed E-state index contributed by atoms with van der Waals surface area (Å²) in [5.74, 6) is 0.295. The topological polar surface area (TPSA) is 79.3 Å². The van der Waals surface area contributed by atoms with Crippen molar-refractivity contribution in [1.82, 2.24) is 24.6 Å². The van der Waals surface area contributed by atoms with Crippen molar-refractivity contribution in [1.29, 1.82) is 0 Å². The van der Waals surface area contributed by atoms with Crippen LogP contribution in [0.3, 0.4) is 0 Å². The zero-order chi connectivity index (χ0) is 19.1. The molecule has 1 N–H and O–H groups in total. The predicted octanol–water partition coefficient (Wildman–Crippen LogP) is 1.65. The van der Waals surface area contributed by atoms with Gasteiger partial charge in [0.25, 0.3) is 0 Å². The molecule has 0 aromatic carbocycles. The third-order valence-electron chi connectivity index (χ3n) is 5.74. The van der Waals surface area contributed by atoms with E-state index in [1.54, 1.807) is 4.68 Å². The summed E-state index contributed by atoms with van der Waals surface area (Å²) in [6.45, 7) is 4.43. The zero-order valence-electron chi connectivity index (χ0n) is 16.0. The highest BCUT2D eigenvalue weighted by atomic mass is 16.5. The largest absolute Gasteiger partial charge is 0.381 e. The molecule has 146 valence electrons. The van der Waals surface area contributed by atoms with E-state index in [0.717, 1.165) is 60.6 Å². The molecule has 8 nitrogen and oxygen atoms in total. The van der Waals surface area contributed by atoms with E-state index in [1.165, 1.54) is 0 Å². The van der Waals surface area contributed by atoms with Crippen molar-refractivity contribution in [3.05, 3.63) is 30.7 Å². The molecule has 0 unspecified atom stereocenters. The van der Waals surface area contributed by atoms with E-state index < -0.39 is 0 Å². The van der Waals surface area contributed by atoms with E-state index in [-0.39, 0.29) is 11.8 Å². The zero-order valence-corrected chi connectivity index (χ0v) is 16.0. The molecule has 5 rings (SSSR count). The Balaban J connectivity index is 1.35. The number of aromatic amines is 1. The highest BCUT2D eigenvalue weighted by Crippen LogP contribution is 2.31. The van der Waals surface area contributed by atoms with E-state index >= 15 is 0 Å². The number of rotatable bonds is 3. The monoisotopic (exact) mass is 380 g/mol. The molecule has 1 amide bonds. The molecule has 2 aliphatic heterocycles. The van der Waals surface area contributed by atoms with Crippen LogP contribution in [-0.2, 0) is 16.6 Å². The summed E-state index contributed by atoms with van der Waals surface area (Å²) in [7, 11) is 1.91. The Morgan fingerprint density at radius 3 is 2.86 bits per heavy atom. The second-order valence-corrected chi connectivity index (χ2v) is 7.55. The van der Waals surface area contributed by atoms with Crippen LogP contribution in [0.2, 0.25) is 0 Å². The number of amides is 1. The van der Waals surface area contributed by atoms with Crippen LogP contribution in [0.4, 0.5) is 5.69 Å². The first-order valence-corrected chi connectivity index (χ1v) is 9.77. The van der Waals surface area contributed by atoms with Crippen LogP contribution in [-0.4, -0.2) is 69.9 Å². The maximum Gasteiger partial charge on any atom is 0.228 e. The van der Waals surface area contributed by atoms with E-state index in [2.05, 4.69) is 32.1 Å². The molecule has 5 heterocycles. The quantitative estimate of drug-likeness (QED) is 0.747. The summed E-state index contributed by atoms with van der Waals surface area (Å²) in [5, 5.41) is 5.35. The first-order chi connectivity index (χ1) is 13.7. The molecular formula is C20H24N6O2. The lowest BCUT2D eigenvalue weighted by Crippen LogP contribution is -2.50. The van der Waals surface area contributed by atoms with Crippen molar-refractivity contribution in [2.24, 2.45) is 13.0 Å². The fourth-order valence-corrected chi connectivity index (χ4v) is 4.16. The van der Waals surface area contributed by atoms with Crippen molar-refractivity contribution < 1.29 is 9.53 Å². The Bertz CT molecular complexity index is 995. The number of fused-ring (bicyclic) bond motifs is 1. The summed E-state index contributed by atoms with van der Waals surface area (Å²) in [6, 6.07) is 4.20. The van der Waals surface area contributed by atoms with Gasteiger partial charge in [-0.1, -0.05) is 0 Å². The van der Waals surface area contributed by atoms with Crippen molar-refractivity contribution >= 4 is 22.6 Å². The molecule has 0 saturated carbocycles. The lowest BCUT2D eigenvalue weighted by molar-refractivity contribution is -0.135. The Hall–Kier alpha value is -2.87. The summed E-state index contributed by atoms with van der Waals surface area (Å²) >= 11 is 0. The van der Waals surface area contributed by atoms with Crippen molar-refractivity contribution in [2.75, 3.05) is 44.3 Å². The summed E-state index contributed by atoms with van der Waals surface area (Å²) in [6.07, 6.45) is 6.53. The van der Waals surface area contributed by atoms with E-state index in [9.17, 15) is 4.79 Å². The van der Waals surface area contributed by atoms with Crippen LogP contribution in [0.15, 0.2) is 30.7 Å². The molecule has 0 bridgehead atoms. The van der Waals surface area contributed by atoms with Crippen LogP contribution in [0.25, 0.3) is 22.3 Å². The van der Waals surface area contributed by atoms with Gasteiger partial charge in [0.1, 0.15) is 5.65 Å². The number of nitrogens with one attached hydrogen (secondary N) is 1. The highest BCUT2D eigenvalue weighted by molar-refractivity contribution is 5.93. The normalized spacial score (nSPS) is 20.2. The lowest BCUT2D eigenvalue weighted by Gasteiger charge is -2.37. The minimum absolute atomic E-state index is 0.0471. The maximum atomic E-state index is 12.6. The third-order valence-corrected chi connectivity index (χ3v) is 5.74. The van der Waals surface area contributed by atoms with Crippen molar-refractivity contribution in [3.8, 4) is 11.3 Å². The van der Waals surface area contributed by atoms with Crippen LogP contribution in [0.1, 0.15) is 6.42 Å². The number of aryl methyl sites for hydroxylation is 1. The number of hydrogen-bond donors (Lipinski definition) is 1. The van der Waals surface area contributed by atoms with Gasteiger partial charge in [-0.25, -0.2) is 4.98 Å². The summed E-state index contributed by atoms with van der Waals surface area (Å²) in [5.41, 5.74) is 4.09. The number of pyridine rings is 1. The second-order valence-electron chi connectivity index (χ2n) is 7.55. The Labute approximate surface area is 163 Å². The fraction of sp³-hybridized carbons (Fsp3) is 0.450. The molecule has 8 heteroatoms. The number of carbonyl (C=O) groups is 1. The Morgan fingerprint density at radius 2 is 2.14 bits per heavy atom. The number of aromatic nitrogens is 4. The number of carbonyl (C=O) groups excluding carboxylic acids is 1. The molecule has 0 spiro atoms. The summed E-state index contributed by atoms with van der Waals surface area (Å²) in [4.78, 5) is 24.9. The molecule has 1 atom stereocenters. The molecule has 2 fully saturated rings. The first kappa shape index (κ1) is 17.2. The van der Waals surface area contributed by atoms with Gasteiger partial charge in [0.05, 0.1) is 24.4 Å². The number of hydrogen-bond acceptors (Lipinski definition) is 5. The smallest absolute Gasteiger partial charge is 0.228 e. The van der Waals surface area contributed by atoms with Gasteiger partial charge < -0.3 is 19.5 Å². The van der Waals surface area contributed by atoms with Gasteiger partial charge in [0.2, 0.25) is 5.91 Å². The number of anilines is 1. The SMILES string of the molecule is Cn1cc(-c2cc3c(N4CCN(C(=O)[C@@H]5CCOC5)CC4)ccnc3[nH]2)cn1. The molecule has 3 aromatic heterocycles. The highest BCUT2D eigenvalue weighted by Gasteiger charge is 2.30. The van der Waals surface area contributed by atoms with Gasteiger partial charge in [0.15, 0.2) is 0 Å². The lowest BCUT2D eigenvalue weighted by atomic mass is 10.1. The molecule has 2 aliphatic rings. The molecule has 0 radical (unpaired) electrons. The van der Waals surface area contributed by atoms with Gasteiger partial charge in [-0.15, -0.1) is 0 Å². The Kier molecular flexibility index (Phi) is 4.27. The number of ether oxygens (including phenoxy) is 1. The standard InChI is InChI=1S/C20H24N6O2/c1-24-12-15(11-22-24)17-10-16-18(2-4-21-19(16)23-17)25-5-7-26(8-6-25)20(27)14-3-9-28-13-14/h2,4,10-12,14H,3,5-9,13H2,1H3,(H,21,23)/t14-/m1/s1. The molecule has 2 saturated heterocycles. The van der Waals surface area contributed by atoms with Crippen molar-refractivity contribution in [2.45, 2.75) is 6.42 Å². The van der Waals surface area contributed by atoms with Gasteiger partial charge in [0, 0.05) is 68.9 Å². The van der Waals surface area contributed by atoms with Crippen LogP contribution in [0.5, 0.6) is 0 Å². The van der Waals surface area contributed by atoms with Crippen molar-refractivity contribution in [3.63, 3.8) is 0 Å². The molecule has 3 aromatic rings. The number of nitrogens with zero attached hydrogens (tertiary/aromatic N) is 5. The first-order valence-electron chi connectivity index (χ1n) is 9.77. The molecular weight excluding hydrogens is 356 g/mol. The van der Waals surface area contributed by atoms with Gasteiger partial charge in [-0.2, -0.15) is 5.10 Å². The fourth-order valence-electron chi connectivity index (χ4n) is 4.16. The number of piperazine rings is 1. The third kappa shape index (κ3) is 3.03. The summed E-state index contributed by atoms with van der Waals surface area (Å²) < 4.78 is 7.17. The molecule has 28 heavy (non-hydrogen) atoms. The average molecular weight is 380 g/mol. The van der Waals surface area contributed by atoms with Crippen LogP contribution < -0.4 is 4.90 Å². The Morgan fingerprint density at radius 1 is 1.29 bits per heavy atom. The minimum atomic E-state index is 0.0471. The van der Waals surface area contributed by atoms with Gasteiger partial charge in [-0.3, -0.25) is 9.48 Å². The van der Waals surface area contributed by atoms with Gasteiger partial charge >= 0.3 is 0 Å². The van der Waals surface area contributed by atoms with Gasteiger partial charge in [-0.05, 0) is 18.6 Å². The van der Waals surface area contributed by atoms with E-state index in [0.29, 0.717) is 13.2 Å². The average Bonchev–Trinajstić information content (AvgIpc) is 3.47. The van der Waals surface area contributed by atoms with E-state index in [1.807, 2.05) is 30.5 Å². The molecule has 0 aliphatic carbocycles. The number of H-pyrrole nitrogens is 1.